The molecule has 0 unspecified atom stereocenters. The van der Waals surface area contributed by atoms with E-state index < -0.39 is 0 Å². The number of halogens is 2. The zero-order chi connectivity index (χ0) is 13.3. The molecule has 0 aliphatic rings. The summed E-state index contributed by atoms with van der Waals surface area (Å²) in [4.78, 5) is 0. The number of hydrogen-bond donors (Lipinski definition) is 1. The molecule has 0 saturated heterocycles. The summed E-state index contributed by atoms with van der Waals surface area (Å²) in [6, 6.07) is 4.67. The first-order valence-electron chi connectivity index (χ1n) is 5.67. The summed E-state index contributed by atoms with van der Waals surface area (Å²) in [6.07, 6.45) is 0. The first-order chi connectivity index (χ1) is 8.49. The van der Waals surface area contributed by atoms with E-state index in [1.807, 2.05) is 13.8 Å². The van der Waals surface area contributed by atoms with E-state index >= 15 is 0 Å². The average molecular weight is 268 g/mol. The van der Waals surface area contributed by atoms with Crippen LogP contribution in [0.15, 0.2) is 18.2 Å². The van der Waals surface area contributed by atoms with Gasteiger partial charge in [0.15, 0.2) is 0 Å². The molecule has 1 aromatic heterocycles. The first kappa shape index (κ1) is 12.9. The van der Waals surface area contributed by atoms with Crippen molar-refractivity contribution in [2.45, 2.75) is 20.4 Å². The van der Waals surface area contributed by atoms with Gasteiger partial charge in [0.2, 0.25) is 0 Å². The molecule has 0 spiro atoms. The minimum Gasteiger partial charge on any atom is -0.380 e. The SMILES string of the molecule is Cc1ccc(F)cc1NCc1c(C)nn(C)c1Cl. The number of aryl methyl sites for hydroxylation is 3. The predicted molar refractivity (Wildman–Crippen MR) is 71.4 cm³/mol. The Morgan fingerprint density at radius 3 is 2.72 bits per heavy atom. The fourth-order valence-corrected chi connectivity index (χ4v) is 2.08. The van der Waals surface area contributed by atoms with Gasteiger partial charge in [-0.3, -0.25) is 4.68 Å². The van der Waals surface area contributed by atoms with E-state index in [1.165, 1.54) is 12.1 Å². The smallest absolute Gasteiger partial charge is 0.131 e. The Morgan fingerprint density at radius 1 is 1.39 bits per heavy atom. The topological polar surface area (TPSA) is 29.9 Å². The van der Waals surface area contributed by atoms with Gasteiger partial charge in [-0.1, -0.05) is 17.7 Å². The van der Waals surface area contributed by atoms with Gasteiger partial charge in [-0.25, -0.2) is 4.39 Å². The molecule has 0 saturated carbocycles. The van der Waals surface area contributed by atoms with Crippen molar-refractivity contribution in [2.75, 3.05) is 5.32 Å². The molecule has 2 aromatic rings. The second-order valence-electron chi connectivity index (χ2n) is 4.29. The number of nitrogens with one attached hydrogen (secondary N) is 1. The number of anilines is 1. The fourth-order valence-electron chi connectivity index (χ4n) is 1.84. The number of nitrogens with zero attached hydrogens (tertiary/aromatic N) is 2. The summed E-state index contributed by atoms with van der Waals surface area (Å²) in [5.41, 5.74) is 3.58. The van der Waals surface area contributed by atoms with E-state index in [-0.39, 0.29) is 5.82 Å². The molecule has 1 heterocycles. The highest BCUT2D eigenvalue weighted by Gasteiger charge is 2.11. The molecule has 1 N–H and O–H groups in total. The lowest BCUT2D eigenvalue weighted by molar-refractivity contribution is 0.628. The van der Waals surface area contributed by atoms with Crippen molar-refractivity contribution in [1.29, 1.82) is 0 Å². The molecule has 0 amide bonds. The number of rotatable bonds is 3. The minimum absolute atomic E-state index is 0.253. The van der Waals surface area contributed by atoms with Crippen LogP contribution in [0.2, 0.25) is 5.15 Å². The van der Waals surface area contributed by atoms with Crippen LogP contribution in [0, 0.1) is 19.7 Å². The van der Waals surface area contributed by atoms with Gasteiger partial charge in [-0.05, 0) is 31.5 Å². The molecular formula is C13H15ClFN3. The summed E-state index contributed by atoms with van der Waals surface area (Å²) < 4.78 is 14.8. The van der Waals surface area contributed by atoms with Gasteiger partial charge in [0.1, 0.15) is 11.0 Å². The van der Waals surface area contributed by atoms with Crippen LogP contribution in [0.5, 0.6) is 0 Å². The average Bonchev–Trinajstić information content (AvgIpc) is 2.55. The Morgan fingerprint density at radius 2 is 2.11 bits per heavy atom. The van der Waals surface area contributed by atoms with Gasteiger partial charge in [0.25, 0.3) is 0 Å². The van der Waals surface area contributed by atoms with E-state index in [1.54, 1.807) is 17.8 Å². The van der Waals surface area contributed by atoms with E-state index in [2.05, 4.69) is 10.4 Å². The van der Waals surface area contributed by atoms with Gasteiger partial charge < -0.3 is 5.32 Å². The Kier molecular flexibility index (Phi) is 3.57. The zero-order valence-electron chi connectivity index (χ0n) is 10.6. The Hall–Kier alpha value is -1.55. The van der Waals surface area contributed by atoms with Crippen molar-refractivity contribution in [3.63, 3.8) is 0 Å². The third-order valence-corrected chi connectivity index (χ3v) is 3.40. The van der Waals surface area contributed by atoms with Gasteiger partial charge in [-0.15, -0.1) is 0 Å². The normalized spacial score (nSPS) is 10.7. The first-order valence-corrected chi connectivity index (χ1v) is 6.05. The van der Waals surface area contributed by atoms with Crippen molar-refractivity contribution < 1.29 is 4.39 Å². The largest absolute Gasteiger partial charge is 0.380 e. The van der Waals surface area contributed by atoms with Crippen molar-refractivity contribution in [2.24, 2.45) is 7.05 Å². The summed E-state index contributed by atoms with van der Waals surface area (Å²) in [6.45, 7) is 4.36. The van der Waals surface area contributed by atoms with Crippen LogP contribution in [-0.4, -0.2) is 9.78 Å². The third kappa shape index (κ3) is 2.48. The van der Waals surface area contributed by atoms with Crippen molar-refractivity contribution in [3.05, 3.63) is 46.0 Å². The minimum atomic E-state index is -0.253. The highest BCUT2D eigenvalue weighted by molar-refractivity contribution is 6.30. The highest BCUT2D eigenvalue weighted by atomic mass is 35.5. The summed E-state index contributed by atoms with van der Waals surface area (Å²) in [5.74, 6) is -0.253. The van der Waals surface area contributed by atoms with Gasteiger partial charge >= 0.3 is 0 Å². The van der Waals surface area contributed by atoms with Crippen LogP contribution >= 0.6 is 11.6 Å². The lowest BCUT2D eigenvalue weighted by atomic mass is 10.2. The lowest BCUT2D eigenvalue weighted by Crippen LogP contribution is -2.02. The van der Waals surface area contributed by atoms with Gasteiger partial charge in [-0.2, -0.15) is 5.10 Å². The van der Waals surface area contributed by atoms with Crippen LogP contribution < -0.4 is 5.32 Å². The molecular weight excluding hydrogens is 253 g/mol. The molecule has 0 aliphatic heterocycles. The Balaban J connectivity index is 2.19. The Labute approximate surface area is 111 Å². The van der Waals surface area contributed by atoms with Crippen LogP contribution in [0.1, 0.15) is 16.8 Å². The molecule has 96 valence electrons. The predicted octanol–water partition coefficient (Wildman–Crippen LogP) is 3.44. The number of aromatic nitrogens is 2. The second kappa shape index (κ2) is 4.98. The zero-order valence-corrected chi connectivity index (χ0v) is 11.3. The summed E-state index contributed by atoms with van der Waals surface area (Å²) >= 11 is 6.14. The molecule has 0 aliphatic carbocycles. The monoisotopic (exact) mass is 267 g/mol. The molecule has 1 aromatic carbocycles. The molecule has 0 bridgehead atoms. The van der Waals surface area contributed by atoms with E-state index in [4.69, 9.17) is 11.6 Å². The number of benzene rings is 1. The van der Waals surface area contributed by atoms with E-state index in [0.717, 1.165) is 22.5 Å². The third-order valence-electron chi connectivity index (χ3n) is 2.93. The van der Waals surface area contributed by atoms with Gasteiger partial charge in [0.05, 0.1) is 5.69 Å². The lowest BCUT2D eigenvalue weighted by Gasteiger charge is -2.09. The van der Waals surface area contributed by atoms with E-state index in [9.17, 15) is 4.39 Å². The Bertz CT molecular complexity index is 578. The van der Waals surface area contributed by atoms with Crippen LogP contribution in [0.4, 0.5) is 10.1 Å². The van der Waals surface area contributed by atoms with Crippen LogP contribution in [0.25, 0.3) is 0 Å². The van der Waals surface area contributed by atoms with E-state index in [0.29, 0.717) is 11.7 Å². The molecule has 18 heavy (non-hydrogen) atoms. The van der Waals surface area contributed by atoms with Crippen molar-refractivity contribution in [1.82, 2.24) is 9.78 Å². The quantitative estimate of drug-likeness (QED) is 0.923. The van der Waals surface area contributed by atoms with Gasteiger partial charge in [0, 0.05) is 24.8 Å². The second-order valence-corrected chi connectivity index (χ2v) is 4.65. The highest BCUT2D eigenvalue weighted by Crippen LogP contribution is 2.22. The molecule has 5 heteroatoms. The standard InChI is InChI=1S/C13H15ClFN3/c1-8-4-5-10(15)6-12(8)16-7-11-9(2)17-18(3)13(11)14/h4-6,16H,7H2,1-3H3. The van der Waals surface area contributed by atoms with Crippen molar-refractivity contribution >= 4 is 17.3 Å². The maximum atomic E-state index is 13.2. The molecule has 3 nitrogen and oxygen atoms in total. The van der Waals surface area contributed by atoms with Crippen LogP contribution in [0.3, 0.4) is 0 Å². The summed E-state index contributed by atoms with van der Waals surface area (Å²) in [5, 5.41) is 8.03. The molecule has 0 radical (unpaired) electrons. The van der Waals surface area contributed by atoms with Crippen molar-refractivity contribution in [3.8, 4) is 0 Å². The molecule has 0 fully saturated rings. The summed E-state index contributed by atoms with van der Waals surface area (Å²) in [7, 11) is 1.80. The maximum Gasteiger partial charge on any atom is 0.131 e. The molecule has 2 rings (SSSR count). The number of hydrogen-bond acceptors (Lipinski definition) is 2. The maximum absolute atomic E-state index is 13.2. The fraction of sp³-hybridized carbons (Fsp3) is 0.308. The molecule has 0 atom stereocenters. The van der Waals surface area contributed by atoms with Crippen LogP contribution in [-0.2, 0) is 13.6 Å².